The lowest BCUT2D eigenvalue weighted by molar-refractivity contribution is 0.0758. The molecule has 1 aliphatic carbocycles. The number of benzene rings is 2. The summed E-state index contributed by atoms with van der Waals surface area (Å²) in [6.45, 7) is 3.16. The van der Waals surface area contributed by atoms with Crippen molar-refractivity contribution in [3.63, 3.8) is 0 Å². The summed E-state index contributed by atoms with van der Waals surface area (Å²) in [4.78, 5) is 14.5. The summed E-state index contributed by atoms with van der Waals surface area (Å²) < 4.78 is 35.0. The molecule has 1 fully saturated rings. The molecule has 0 unspecified atom stereocenters. The second-order valence-electron chi connectivity index (χ2n) is 8.62. The van der Waals surface area contributed by atoms with Gasteiger partial charge in [-0.15, -0.1) is 0 Å². The number of halogens is 2. The molecular weight excluding hydrogens is 384 g/mol. The lowest BCUT2D eigenvalue weighted by Gasteiger charge is -2.29. The predicted molar refractivity (Wildman–Crippen MR) is 112 cm³/mol. The average molecular weight is 414 g/mol. The molecule has 0 saturated heterocycles. The van der Waals surface area contributed by atoms with Crippen molar-refractivity contribution in [2.75, 3.05) is 6.54 Å². The van der Waals surface area contributed by atoms with E-state index in [-0.39, 0.29) is 24.6 Å². The number of rotatable bonds is 7. The van der Waals surface area contributed by atoms with Crippen LogP contribution in [0.1, 0.15) is 66.9 Å². The first-order chi connectivity index (χ1) is 14.6. The Morgan fingerprint density at radius 3 is 2.47 bits per heavy atom. The van der Waals surface area contributed by atoms with Crippen LogP contribution < -0.4 is 4.74 Å². The minimum absolute atomic E-state index is 0.0332. The van der Waals surface area contributed by atoms with Gasteiger partial charge in [-0.25, -0.2) is 8.78 Å². The Labute approximate surface area is 177 Å². The van der Waals surface area contributed by atoms with Crippen LogP contribution in [0.4, 0.5) is 8.78 Å². The number of amides is 1. The molecule has 1 heterocycles. The molecule has 1 aliphatic heterocycles. The third-order valence-electron chi connectivity index (χ3n) is 6.70. The molecule has 4 rings (SSSR count). The highest BCUT2D eigenvalue weighted by Gasteiger charge is 2.34. The van der Waals surface area contributed by atoms with Gasteiger partial charge < -0.3 is 9.64 Å². The fraction of sp³-hybridized carbons (Fsp3) is 0.480. The normalized spacial score (nSPS) is 21.0. The van der Waals surface area contributed by atoms with E-state index in [0.717, 1.165) is 17.9 Å². The fourth-order valence-corrected chi connectivity index (χ4v) is 4.75. The lowest BCUT2D eigenvalue weighted by Crippen LogP contribution is -2.28. The molecule has 0 N–H and O–H groups in total. The largest absolute Gasteiger partial charge is 0.483 e. The minimum atomic E-state index is -0.878. The van der Waals surface area contributed by atoms with E-state index in [1.165, 1.54) is 38.2 Å². The summed E-state index contributed by atoms with van der Waals surface area (Å²) >= 11 is 0. The second kappa shape index (κ2) is 9.15. The SMILES string of the molecule is CCC1CCC(CCN2Cc3cc(F)c(OCc4ccccc4)c(F)c3C2=O)CC1. The van der Waals surface area contributed by atoms with Gasteiger partial charge in [0.1, 0.15) is 6.61 Å². The monoisotopic (exact) mass is 413 g/mol. The molecule has 160 valence electrons. The Morgan fingerprint density at radius 1 is 1.07 bits per heavy atom. The van der Waals surface area contributed by atoms with Gasteiger partial charge in [-0.3, -0.25) is 4.79 Å². The van der Waals surface area contributed by atoms with E-state index in [0.29, 0.717) is 18.0 Å². The van der Waals surface area contributed by atoms with Gasteiger partial charge in [-0.05, 0) is 35.4 Å². The summed E-state index contributed by atoms with van der Waals surface area (Å²) in [6.07, 6.45) is 7.10. The number of fused-ring (bicyclic) bond motifs is 1. The highest BCUT2D eigenvalue weighted by atomic mass is 19.1. The number of carbonyl (C=O) groups excluding carboxylic acids is 1. The van der Waals surface area contributed by atoms with Crippen LogP contribution in [0.15, 0.2) is 36.4 Å². The van der Waals surface area contributed by atoms with Crippen molar-refractivity contribution >= 4 is 5.91 Å². The smallest absolute Gasteiger partial charge is 0.257 e. The van der Waals surface area contributed by atoms with Crippen LogP contribution in [0.2, 0.25) is 0 Å². The topological polar surface area (TPSA) is 29.5 Å². The molecule has 0 spiro atoms. The van der Waals surface area contributed by atoms with Crippen molar-refractivity contribution in [3.8, 4) is 5.75 Å². The highest BCUT2D eigenvalue weighted by Crippen LogP contribution is 2.36. The highest BCUT2D eigenvalue weighted by molar-refractivity contribution is 5.99. The molecule has 3 nitrogen and oxygen atoms in total. The first-order valence-electron chi connectivity index (χ1n) is 11.0. The Morgan fingerprint density at radius 2 is 1.77 bits per heavy atom. The molecule has 0 atom stereocenters. The van der Waals surface area contributed by atoms with Crippen molar-refractivity contribution < 1.29 is 18.3 Å². The van der Waals surface area contributed by atoms with E-state index in [1.54, 1.807) is 4.90 Å². The first kappa shape index (κ1) is 20.8. The first-order valence-corrected chi connectivity index (χ1v) is 11.0. The lowest BCUT2D eigenvalue weighted by atomic mass is 9.79. The van der Waals surface area contributed by atoms with Gasteiger partial charge in [-0.2, -0.15) is 0 Å². The van der Waals surface area contributed by atoms with Crippen molar-refractivity contribution in [1.29, 1.82) is 0 Å². The standard InChI is InChI=1S/C25H29F2NO2/c1-2-17-8-10-18(11-9-17)12-13-28-15-20-14-21(26)24(23(27)22(20)25(28)29)30-16-19-6-4-3-5-7-19/h3-7,14,17-18H,2,8-13,15-16H2,1H3. The van der Waals surface area contributed by atoms with Gasteiger partial charge in [0.15, 0.2) is 17.4 Å². The summed E-state index contributed by atoms with van der Waals surface area (Å²) in [5.41, 5.74) is 1.19. The number of ether oxygens (including phenoxy) is 1. The maximum absolute atomic E-state index is 15.0. The van der Waals surface area contributed by atoms with E-state index >= 15 is 4.39 Å². The zero-order valence-corrected chi connectivity index (χ0v) is 17.5. The molecular formula is C25H29F2NO2. The van der Waals surface area contributed by atoms with Crippen LogP contribution in [0.25, 0.3) is 0 Å². The van der Waals surface area contributed by atoms with Gasteiger partial charge in [-0.1, -0.05) is 69.4 Å². The molecule has 30 heavy (non-hydrogen) atoms. The Kier molecular flexibility index (Phi) is 6.35. The molecule has 0 radical (unpaired) electrons. The molecule has 0 bridgehead atoms. The van der Waals surface area contributed by atoms with Crippen molar-refractivity contribution in [3.05, 3.63) is 64.7 Å². The molecule has 0 aromatic heterocycles. The van der Waals surface area contributed by atoms with Gasteiger partial charge in [0, 0.05) is 13.1 Å². The molecule has 1 saturated carbocycles. The maximum Gasteiger partial charge on any atom is 0.257 e. The van der Waals surface area contributed by atoms with Crippen LogP contribution in [0, 0.1) is 23.5 Å². The number of nitrogens with zero attached hydrogens (tertiary/aromatic N) is 1. The summed E-state index contributed by atoms with van der Waals surface area (Å²) in [6, 6.07) is 10.4. The Balaban J connectivity index is 1.41. The summed E-state index contributed by atoms with van der Waals surface area (Å²) in [7, 11) is 0. The average Bonchev–Trinajstić information content (AvgIpc) is 3.08. The quantitative estimate of drug-likeness (QED) is 0.548. The van der Waals surface area contributed by atoms with Crippen LogP contribution in [0.5, 0.6) is 5.75 Å². The summed E-state index contributed by atoms with van der Waals surface area (Å²) in [5.74, 6) is -0.993. The number of hydrogen-bond acceptors (Lipinski definition) is 2. The number of carbonyl (C=O) groups is 1. The maximum atomic E-state index is 15.0. The van der Waals surface area contributed by atoms with Gasteiger partial charge in [0.05, 0.1) is 5.56 Å². The minimum Gasteiger partial charge on any atom is -0.483 e. The van der Waals surface area contributed by atoms with Crippen molar-refractivity contribution in [2.45, 2.75) is 58.6 Å². The zero-order chi connectivity index (χ0) is 21.1. The molecule has 2 aromatic rings. The number of hydrogen-bond donors (Lipinski definition) is 0. The Bertz CT molecular complexity index is 892. The third kappa shape index (κ3) is 4.35. The van der Waals surface area contributed by atoms with Gasteiger partial charge in [0.25, 0.3) is 5.91 Å². The fourth-order valence-electron chi connectivity index (χ4n) is 4.75. The zero-order valence-electron chi connectivity index (χ0n) is 17.5. The van der Waals surface area contributed by atoms with Crippen LogP contribution in [-0.2, 0) is 13.2 Å². The molecule has 2 aromatic carbocycles. The van der Waals surface area contributed by atoms with E-state index in [2.05, 4.69) is 6.92 Å². The Hall–Kier alpha value is -2.43. The molecule has 2 aliphatic rings. The summed E-state index contributed by atoms with van der Waals surface area (Å²) in [5, 5.41) is 0. The van der Waals surface area contributed by atoms with Crippen molar-refractivity contribution in [1.82, 2.24) is 4.90 Å². The van der Waals surface area contributed by atoms with E-state index < -0.39 is 17.4 Å². The predicted octanol–water partition coefficient (Wildman–Crippen LogP) is 6.11. The van der Waals surface area contributed by atoms with E-state index in [4.69, 9.17) is 4.74 Å². The van der Waals surface area contributed by atoms with Crippen LogP contribution >= 0.6 is 0 Å². The van der Waals surface area contributed by atoms with E-state index in [9.17, 15) is 9.18 Å². The van der Waals surface area contributed by atoms with Crippen molar-refractivity contribution in [2.24, 2.45) is 11.8 Å². The van der Waals surface area contributed by atoms with E-state index in [1.807, 2.05) is 30.3 Å². The molecule has 5 heteroatoms. The second-order valence-corrected chi connectivity index (χ2v) is 8.62. The van der Waals surface area contributed by atoms with Crippen LogP contribution in [-0.4, -0.2) is 17.4 Å². The van der Waals surface area contributed by atoms with Gasteiger partial charge >= 0.3 is 0 Å². The molecule has 1 amide bonds. The van der Waals surface area contributed by atoms with Gasteiger partial charge in [0.2, 0.25) is 0 Å². The van der Waals surface area contributed by atoms with Crippen LogP contribution in [0.3, 0.4) is 0 Å². The third-order valence-corrected chi connectivity index (χ3v) is 6.70.